The molecular formula is C22H25NO3. The number of likely N-dealkylation sites (N-methyl/N-ethyl adjacent to an activating group) is 1. The minimum Gasteiger partial charge on any atom is -0.492 e. The topological polar surface area (TPSA) is 42.7 Å². The SMILES string of the molecule is Cc1ccc(OCCN(C)Cc2cc(=O)oc3c(C)c(C)ccc23)cc1. The minimum atomic E-state index is -0.300. The molecule has 0 aliphatic heterocycles. The van der Waals surface area contributed by atoms with Gasteiger partial charge in [0, 0.05) is 24.5 Å². The molecule has 0 fully saturated rings. The van der Waals surface area contributed by atoms with Crippen molar-refractivity contribution in [3.05, 3.63) is 75.1 Å². The largest absolute Gasteiger partial charge is 0.492 e. The molecule has 0 amide bonds. The molecule has 2 aromatic carbocycles. The van der Waals surface area contributed by atoms with Crippen LogP contribution in [0.4, 0.5) is 0 Å². The summed E-state index contributed by atoms with van der Waals surface area (Å²) in [6, 6.07) is 13.7. The monoisotopic (exact) mass is 351 g/mol. The molecule has 26 heavy (non-hydrogen) atoms. The first-order valence-corrected chi connectivity index (χ1v) is 8.85. The van der Waals surface area contributed by atoms with Crippen LogP contribution in [-0.2, 0) is 6.54 Å². The molecule has 0 aliphatic rings. The molecule has 3 rings (SSSR count). The molecule has 0 aliphatic carbocycles. The Kier molecular flexibility index (Phi) is 5.43. The van der Waals surface area contributed by atoms with Crippen molar-refractivity contribution in [1.82, 2.24) is 4.90 Å². The molecule has 1 aromatic heterocycles. The summed E-state index contributed by atoms with van der Waals surface area (Å²) >= 11 is 0. The first-order valence-electron chi connectivity index (χ1n) is 8.85. The van der Waals surface area contributed by atoms with Crippen molar-refractivity contribution < 1.29 is 9.15 Å². The van der Waals surface area contributed by atoms with Gasteiger partial charge in [-0.1, -0.05) is 29.8 Å². The Labute approximate surface area is 154 Å². The fourth-order valence-corrected chi connectivity index (χ4v) is 2.98. The maximum Gasteiger partial charge on any atom is 0.336 e. The van der Waals surface area contributed by atoms with Crippen LogP contribution in [0.25, 0.3) is 11.0 Å². The van der Waals surface area contributed by atoms with E-state index in [0.29, 0.717) is 18.7 Å². The molecular weight excluding hydrogens is 326 g/mol. The van der Waals surface area contributed by atoms with Crippen LogP contribution in [0.3, 0.4) is 0 Å². The second kappa shape index (κ2) is 7.75. The van der Waals surface area contributed by atoms with Gasteiger partial charge in [-0.05, 0) is 56.6 Å². The third kappa shape index (κ3) is 4.14. The molecule has 0 atom stereocenters. The van der Waals surface area contributed by atoms with E-state index in [9.17, 15) is 4.79 Å². The molecule has 0 saturated carbocycles. The standard InChI is InChI=1S/C22H25NO3/c1-15-5-8-19(9-6-15)25-12-11-23(4)14-18-13-21(24)26-22-17(3)16(2)7-10-20(18)22/h5-10,13H,11-12,14H2,1-4H3. The van der Waals surface area contributed by atoms with Gasteiger partial charge in [-0.25, -0.2) is 4.79 Å². The summed E-state index contributed by atoms with van der Waals surface area (Å²) < 4.78 is 11.2. The molecule has 0 radical (unpaired) electrons. The predicted molar refractivity (Wildman–Crippen MR) is 105 cm³/mol. The number of rotatable bonds is 6. The Balaban J connectivity index is 1.69. The van der Waals surface area contributed by atoms with Gasteiger partial charge in [0.15, 0.2) is 0 Å². The number of hydrogen-bond donors (Lipinski definition) is 0. The van der Waals surface area contributed by atoms with Gasteiger partial charge >= 0.3 is 5.63 Å². The molecule has 3 aromatic rings. The zero-order valence-electron chi connectivity index (χ0n) is 15.8. The Hall–Kier alpha value is -2.59. The number of fused-ring (bicyclic) bond motifs is 1. The number of aryl methyl sites for hydroxylation is 3. The Morgan fingerprint density at radius 2 is 1.77 bits per heavy atom. The van der Waals surface area contributed by atoms with E-state index in [0.717, 1.165) is 34.4 Å². The molecule has 0 unspecified atom stereocenters. The van der Waals surface area contributed by atoms with E-state index < -0.39 is 0 Å². The summed E-state index contributed by atoms with van der Waals surface area (Å²) in [5, 5.41) is 0.999. The summed E-state index contributed by atoms with van der Waals surface area (Å²) in [6.45, 7) is 8.10. The van der Waals surface area contributed by atoms with Gasteiger partial charge in [-0.15, -0.1) is 0 Å². The van der Waals surface area contributed by atoms with Crippen LogP contribution >= 0.6 is 0 Å². The van der Waals surface area contributed by atoms with Crippen LogP contribution in [0.2, 0.25) is 0 Å². The molecule has 0 saturated heterocycles. The van der Waals surface area contributed by atoms with Crippen LogP contribution in [-0.4, -0.2) is 25.1 Å². The Morgan fingerprint density at radius 3 is 2.50 bits per heavy atom. The average molecular weight is 351 g/mol. The van der Waals surface area contributed by atoms with Crippen molar-refractivity contribution in [2.24, 2.45) is 0 Å². The molecule has 4 nitrogen and oxygen atoms in total. The lowest BCUT2D eigenvalue weighted by Crippen LogP contribution is -2.24. The summed E-state index contributed by atoms with van der Waals surface area (Å²) in [6.07, 6.45) is 0. The van der Waals surface area contributed by atoms with E-state index in [1.807, 2.05) is 51.2 Å². The predicted octanol–water partition coefficient (Wildman–Crippen LogP) is 4.23. The first kappa shape index (κ1) is 18.2. The number of nitrogens with zero attached hydrogens (tertiary/aromatic N) is 1. The molecule has 0 spiro atoms. The van der Waals surface area contributed by atoms with Gasteiger partial charge in [0.25, 0.3) is 0 Å². The van der Waals surface area contributed by atoms with E-state index in [-0.39, 0.29) is 5.63 Å². The number of ether oxygens (including phenoxy) is 1. The normalized spacial score (nSPS) is 11.3. The van der Waals surface area contributed by atoms with Crippen molar-refractivity contribution in [3.63, 3.8) is 0 Å². The van der Waals surface area contributed by atoms with E-state index in [2.05, 4.69) is 17.9 Å². The zero-order valence-corrected chi connectivity index (χ0v) is 15.8. The molecule has 0 bridgehead atoms. The third-order valence-electron chi connectivity index (χ3n) is 4.72. The molecule has 136 valence electrons. The average Bonchev–Trinajstić information content (AvgIpc) is 2.60. The smallest absolute Gasteiger partial charge is 0.336 e. The van der Waals surface area contributed by atoms with Gasteiger partial charge in [0.05, 0.1) is 0 Å². The Morgan fingerprint density at radius 1 is 1.04 bits per heavy atom. The number of benzene rings is 2. The quantitative estimate of drug-likeness (QED) is 0.623. The maximum absolute atomic E-state index is 12.0. The second-order valence-corrected chi connectivity index (χ2v) is 6.87. The zero-order chi connectivity index (χ0) is 18.7. The summed E-state index contributed by atoms with van der Waals surface area (Å²) in [7, 11) is 2.03. The molecule has 4 heteroatoms. The first-order chi connectivity index (χ1) is 12.4. The van der Waals surface area contributed by atoms with Gasteiger partial charge in [-0.3, -0.25) is 4.90 Å². The molecule has 0 N–H and O–H groups in total. The highest BCUT2D eigenvalue weighted by Gasteiger charge is 2.11. The van der Waals surface area contributed by atoms with Crippen LogP contribution < -0.4 is 10.4 Å². The van der Waals surface area contributed by atoms with Gasteiger partial charge in [0.2, 0.25) is 0 Å². The lowest BCUT2D eigenvalue weighted by atomic mass is 10.0. The van der Waals surface area contributed by atoms with E-state index in [1.54, 1.807) is 6.07 Å². The lowest BCUT2D eigenvalue weighted by Gasteiger charge is -2.18. The molecule has 1 heterocycles. The highest BCUT2D eigenvalue weighted by Crippen LogP contribution is 2.24. The highest BCUT2D eigenvalue weighted by molar-refractivity contribution is 5.83. The van der Waals surface area contributed by atoms with Crippen molar-refractivity contribution in [2.75, 3.05) is 20.2 Å². The lowest BCUT2D eigenvalue weighted by molar-refractivity contribution is 0.233. The van der Waals surface area contributed by atoms with Crippen LogP contribution in [0, 0.1) is 20.8 Å². The van der Waals surface area contributed by atoms with Crippen molar-refractivity contribution in [2.45, 2.75) is 27.3 Å². The van der Waals surface area contributed by atoms with Crippen LogP contribution in [0.15, 0.2) is 51.7 Å². The van der Waals surface area contributed by atoms with Gasteiger partial charge in [-0.2, -0.15) is 0 Å². The summed E-state index contributed by atoms with van der Waals surface area (Å²) in [4.78, 5) is 14.1. The highest BCUT2D eigenvalue weighted by atomic mass is 16.5. The van der Waals surface area contributed by atoms with Gasteiger partial charge in [0.1, 0.15) is 17.9 Å². The van der Waals surface area contributed by atoms with E-state index >= 15 is 0 Å². The minimum absolute atomic E-state index is 0.300. The van der Waals surface area contributed by atoms with E-state index in [1.165, 1.54) is 5.56 Å². The van der Waals surface area contributed by atoms with Crippen molar-refractivity contribution >= 4 is 11.0 Å². The maximum atomic E-state index is 12.0. The van der Waals surface area contributed by atoms with Crippen LogP contribution in [0.5, 0.6) is 5.75 Å². The fraction of sp³-hybridized carbons (Fsp3) is 0.318. The van der Waals surface area contributed by atoms with Gasteiger partial charge < -0.3 is 9.15 Å². The van der Waals surface area contributed by atoms with E-state index in [4.69, 9.17) is 9.15 Å². The second-order valence-electron chi connectivity index (χ2n) is 6.87. The van der Waals surface area contributed by atoms with Crippen molar-refractivity contribution in [3.8, 4) is 5.75 Å². The number of hydrogen-bond acceptors (Lipinski definition) is 4. The van der Waals surface area contributed by atoms with Crippen molar-refractivity contribution in [1.29, 1.82) is 0 Å². The Bertz CT molecular complexity index is 958. The third-order valence-corrected chi connectivity index (χ3v) is 4.72. The summed E-state index contributed by atoms with van der Waals surface area (Å²) in [5.74, 6) is 0.876. The van der Waals surface area contributed by atoms with Crippen LogP contribution in [0.1, 0.15) is 22.3 Å². The summed E-state index contributed by atoms with van der Waals surface area (Å²) in [5.41, 5.74) is 4.73. The fourth-order valence-electron chi connectivity index (χ4n) is 2.98.